The van der Waals surface area contributed by atoms with Gasteiger partial charge in [-0.25, -0.2) is 9.78 Å². The Hall–Kier alpha value is -2.74. The molecule has 0 aliphatic carbocycles. The van der Waals surface area contributed by atoms with Gasteiger partial charge in [-0.05, 0) is 19.1 Å². The number of carbonyl (C=O) groups excluding carboxylic acids is 1. The molecular formula is C16H15N3O4S. The second-order valence-electron chi connectivity index (χ2n) is 5.02. The first-order chi connectivity index (χ1) is 11.6. The third-order valence-electron chi connectivity index (χ3n) is 3.04. The molecule has 0 saturated carbocycles. The highest BCUT2D eigenvalue weighted by molar-refractivity contribution is 7.09. The Kier molecular flexibility index (Phi) is 4.85. The molecule has 0 atom stereocenters. The molecular weight excluding hydrogens is 330 g/mol. The van der Waals surface area contributed by atoms with E-state index in [9.17, 15) is 4.79 Å². The Labute approximate surface area is 142 Å². The normalized spacial score (nSPS) is 10.6. The van der Waals surface area contributed by atoms with E-state index < -0.39 is 5.97 Å². The summed E-state index contributed by atoms with van der Waals surface area (Å²) in [6.45, 7) is 3.90. The van der Waals surface area contributed by atoms with Gasteiger partial charge in [-0.2, -0.15) is 0 Å². The van der Waals surface area contributed by atoms with Gasteiger partial charge in [-0.15, -0.1) is 21.5 Å². The number of carbonyl (C=O) groups is 1. The predicted molar refractivity (Wildman–Crippen MR) is 85.8 cm³/mol. The average molecular weight is 345 g/mol. The molecule has 1 aromatic carbocycles. The zero-order valence-electron chi connectivity index (χ0n) is 13.2. The zero-order valence-corrected chi connectivity index (χ0v) is 14.0. The SMILES string of the molecule is Cc1ccc(OCc2nc(C(=O)OCc3nnc(C)o3)cs2)cc1. The van der Waals surface area contributed by atoms with Crippen LogP contribution in [-0.4, -0.2) is 21.2 Å². The Morgan fingerprint density at radius 2 is 1.96 bits per heavy atom. The van der Waals surface area contributed by atoms with Crippen molar-refractivity contribution in [3.05, 3.63) is 57.7 Å². The molecule has 0 aliphatic heterocycles. The van der Waals surface area contributed by atoms with Gasteiger partial charge in [0.1, 0.15) is 17.4 Å². The molecule has 7 nitrogen and oxygen atoms in total. The first kappa shape index (κ1) is 16.1. The van der Waals surface area contributed by atoms with Gasteiger partial charge in [-0.1, -0.05) is 17.7 Å². The summed E-state index contributed by atoms with van der Waals surface area (Å²) in [5.41, 5.74) is 1.40. The summed E-state index contributed by atoms with van der Waals surface area (Å²) in [5.74, 6) is 0.889. The van der Waals surface area contributed by atoms with E-state index in [1.807, 2.05) is 31.2 Å². The fourth-order valence-electron chi connectivity index (χ4n) is 1.85. The maximum atomic E-state index is 11.9. The number of ether oxygens (including phenoxy) is 2. The number of benzene rings is 1. The summed E-state index contributed by atoms with van der Waals surface area (Å²) in [5, 5.41) is 9.74. The smallest absolute Gasteiger partial charge is 0.358 e. The van der Waals surface area contributed by atoms with Crippen LogP contribution < -0.4 is 4.74 Å². The Bertz CT molecular complexity index is 826. The minimum Gasteiger partial charge on any atom is -0.486 e. The van der Waals surface area contributed by atoms with Gasteiger partial charge in [0, 0.05) is 12.3 Å². The minimum absolute atomic E-state index is 0.0770. The van der Waals surface area contributed by atoms with Crippen LogP contribution in [0.3, 0.4) is 0 Å². The van der Waals surface area contributed by atoms with Crippen molar-refractivity contribution < 1.29 is 18.7 Å². The number of hydrogen-bond acceptors (Lipinski definition) is 8. The maximum absolute atomic E-state index is 11.9. The number of hydrogen-bond donors (Lipinski definition) is 0. The molecule has 0 fully saturated rings. The fourth-order valence-corrected chi connectivity index (χ4v) is 2.52. The summed E-state index contributed by atoms with van der Waals surface area (Å²) in [4.78, 5) is 16.2. The highest BCUT2D eigenvalue weighted by Gasteiger charge is 2.14. The molecule has 0 spiro atoms. The summed E-state index contributed by atoms with van der Waals surface area (Å²) in [6.07, 6.45) is 0. The minimum atomic E-state index is -0.538. The van der Waals surface area contributed by atoms with Crippen LogP contribution in [0.4, 0.5) is 0 Å². The molecule has 3 aromatic rings. The lowest BCUT2D eigenvalue weighted by Gasteiger charge is -2.03. The van der Waals surface area contributed by atoms with Crippen molar-refractivity contribution in [1.82, 2.24) is 15.2 Å². The van der Waals surface area contributed by atoms with Crippen LogP contribution in [-0.2, 0) is 18.0 Å². The van der Waals surface area contributed by atoms with Crippen molar-refractivity contribution in [3.8, 4) is 5.75 Å². The Morgan fingerprint density at radius 3 is 2.67 bits per heavy atom. The summed E-state index contributed by atoms with van der Waals surface area (Å²) in [7, 11) is 0. The second kappa shape index (κ2) is 7.22. The quantitative estimate of drug-likeness (QED) is 0.634. The molecule has 0 radical (unpaired) electrons. The van der Waals surface area contributed by atoms with Crippen LogP contribution in [0, 0.1) is 13.8 Å². The Balaban J connectivity index is 1.52. The van der Waals surface area contributed by atoms with Crippen LogP contribution in [0.2, 0.25) is 0 Å². The van der Waals surface area contributed by atoms with Crippen molar-refractivity contribution in [2.45, 2.75) is 27.1 Å². The first-order valence-corrected chi connectivity index (χ1v) is 8.08. The first-order valence-electron chi connectivity index (χ1n) is 7.20. The zero-order chi connectivity index (χ0) is 16.9. The molecule has 124 valence electrons. The van der Waals surface area contributed by atoms with Gasteiger partial charge in [0.25, 0.3) is 5.89 Å². The highest BCUT2D eigenvalue weighted by Crippen LogP contribution is 2.16. The van der Waals surface area contributed by atoms with Gasteiger partial charge in [0.15, 0.2) is 12.3 Å². The molecule has 24 heavy (non-hydrogen) atoms. The van der Waals surface area contributed by atoms with E-state index in [0.29, 0.717) is 17.5 Å². The summed E-state index contributed by atoms with van der Waals surface area (Å²) in [6, 6.07) is 7.73. The predicted octanol–water partition coefficient (Wildman–Crippen LogP) is 3.08. The van der Waals surface area contributed by atoms with E-state index in [-0.39, 0.29) is 18.2 Å². The number of aromatic nitrogens is 3. The molecule has 3 rings (SSSR count). The van der Waals surface area contributed by atoms with Crippen LogP contribution in [0.25, 0.3) is 0 Å². The van der Waals surface area contributed by atoms with E-state index in [1.54, 1.807) is 12.3 Å². The topological polar surface area (TPSA) is 87.3 Å². The van der Waals surface area contributed by atoms with Crippen molar-refractivity contribution in [2.24, 2.45) is 0 Å². The van der Waals surface area contributed by atoms with Crippen LogP contribution >= 0.6 is 11.3 Å². The van der Waals surface area contributed by atoms with Crippen LogP contribution in [0.15, 0.2) is 34.1 Å². The summed E-state index contributed by atoms with van der Waals surface area (Å²) < 4.78 is 15.9. The van der Waals surface area contributed by atoms with E-state index in [0.717, 1.165) is 11.3 Å². The molecule has 0 amide bonds. The maximum Gasteiger partial charge on any atom is 0.358 e. The largest absolute Gasteiger partial charge is 0.486 e. The standard InChI is InChI=1S/C16H15N3O4S/c1-10-3-5-12(6-4-10)21-8-15-17-13(9-24-15)16(20)22-7-14-19-18-11(2)23-14/h3-6,9H,7-8H2,1-2H3. The van der Waals surface area contributed by atoms with Gasteiger partial charge in [0.2, 0.25) is 5.89 Å². The van der Waals surface area contributed by atoms with E-state index in [4.69, 9.17) is 13.9 Å². The van der Waals surface area contributed by atoms with E-state index in [1.165, 1.54) is 11.3 Å². The monoisotopic (exact) mass is 345 g/mol. The number of rotatable bonds is 6. The molecule has 0 unspecified atom stereocenters. The molecule has 2 aromatic heterocycles. The third kappa shape index (κ3) is 4.17. The van der Waals surface area contributed by atoms with Crippen molar-refractivity contribution in [2.75, 3.05) is 0 Å². The Morgan fingerprint density at radius 1 is 1.17 bits per heavy atom. The molecule has 0 N–H and O–H groups in total. The van der Waals surface area contributed by atoms with Crippen molar-refractivity contribution in [1.29, 1.82) is 0 Å². The molecule has 0 bridgehead atoms. The highest BCUT2D eigenvalue weighted by atomic mass is 32.1. The molecule has 0 saturated heterocycles. The number of esters is 1. The van der Waals surface area contributed by atoms with Gasteiger partial charge < -0.3 is 13.9 Å². The van der Waals surface area contributed by atoms with Crippen LogP contribution in [0.1, 0.15) is 32.8 Å². The number of thiazole rings is 1. The lowest BCUT2D eigenvalue weighted by molar-refractivity contribution is 0.0430. The third-order valence-corrected chi connectivity index (χ3v) is 3.86. The lowest BCUT2D eigenvalue weighted by atomic mass is 10.2. The van der Waals surface area contributed by atoms with E-state index >= 15 is 0 Å². The number of aryl methyl sites for hydroxylation is 2. The number of nitrogens with zero attached hydrogens (tertiary/aromatic N) is 3. The van der Waals surface area contributed by atoms with Gasteiger partial charge in [-0.3, -0.25) is 0 Å². The second-order valence-corrected chi connectivity index (χ2v) is 5.96. The summed E-state index contributed by atoms with van der Waals surface area (Å²) >= 11 is 1.34. The van der Waals surface area contributed by atoms with E-state index in [2.05, 4.69) is 15.2 Å². The fraction of sp³-hybridized carbons (Fsp3) is 0.250. The molecule has 2 heterocycles. The average Bonchev–Trinajstić information content (AvgIpc) is 3.21. The van der Waals surface area contributed by atoms with Gasteiger partial charge in [0.05, 0.1) is 0 Å². The van der Waals surface area contributed by atoms with Gasteiger partial charge >= 0.3 is 5.97 Å². The molecule has 8 heteroatoms. The van der Waals surface area contributed by atoms with Crippen molar-refractivity contribution in [3.63, 3.8) is 0 Å². The lowest BCUT2D eigenvalue weighted by Crippen LogP contribution is -2.06. The molecule has 0 aliphatic rings. The van der Waals surface area contributed by atoms with Crippen LogP contribution in [0.5, 0.6) is 5.75 Å². The van der Waals surface area contributed by atoms with Crippen molar-refractivity contribution >= 4 is 17.3 Å².